The molecule has 3 rings (SSSR count). The Morgan fingerprint density at radius 1 is 1.20 bits per heavy atom. The number of hydrogen-bond donors (Lipinski definition) is 0. The van der Waals surface area contributed by atoms with Crippen LogP contribution >= 0.6 is 23.2 Å². The molecule has 0 saturated carbocycles. The summed E-state index contributed by atoms with van der Waals surface area (Å²) in [6.07, 6.45) is 0. The summed E-state index contributed by atoms with van der Waals surface area (Å²) in [7, 11) is 3.33. The number of anilines is 1. The molecule has 156 valence electrons. The molecule has 1 heterocycles. The summed E-state index contributed by atoms with van der Waals surface area (Å²) >= 11 is 12.5. The van der Waals surface area contributed by atoms with E-state index in [1.807, 2.05) is 13.0 Å². The lowest BCUT2D eigenvalue weighted by Gasteiger charge is -2.19. The summed E-state index contributed by atoms with van der Waals surface area (Å²) in [6.45, 7) is 2.47. The van der Waals surface area contributed by atoms with Crippen LogP contribution in [0.3, 0.4) is 0 Å². The molecule has 2 aromatic carbocycles. The van der Waals surface area contributed by atoms with E-state index in [9.17, 15) is 14.9 Å². The monoisotopic (exact) mass is 448 g/mol. The highest BCUT2D eigenvalue weighted by Gasteiger charge is 2.21. The number of rotatable bonds is 6. The lowest BCUT2D eigenvalue weighted by molar-refractivity contribution is -0.384. The predicted octanol–water partition coefficient (Wildman–Crippen LogP) is 4.58. The fourth-order valence-corrected chi connectivity index (χ4v) is 3.50. The van der Waals surface area contributed by atoms with E-state index in [4.69, 9.17) is 27.9 Å². The van der Waals surface area contributed by atoms with Crippen LogP contribution in [0.25, 0.3) is 16.9 Å². The summed E-state index contributed by atoms with van der Waals surface area (Å²) < 4.78 is 6.35. The third-order valence-electron chi connectivity index (χ3n) is 4.57. The molecule has 0 aliphatic heterocycles. The highest BCUT2D eigenvalue weighted by Crippen LogP contribution is 2.33. The SMILES string of the molecule is CCN(C)c1cc(-c2cccc(OC)c2)nn(-c2c(Cl)cc([N+](=O)[O-])cc2Cl)c1=O. The molecule has 0 unspecified atom stereocenters. The van der Waals surface area contributed by atoms with Crippen molar-refractivity contribution in [2.24, 2.45) is 0 Å². The number of nitrogens with zero attached hydrogens (tertiary/aromatic N) is 4. The summed E-state index contributed by atoms with van der Waals surface area (Å²) in [6, 6.07) is 11.2. The zero-order valence-corrected chi connectivity index (χ0v) is 17.9. The van der Waals surface area contributed by atoms with Gasteiger partial charge >= 0.3 is 0 Å². The second kappa shape index (κ2) is 8.73. The van der Waals surface area contributed by atoms with Gasteiger partial charge in [-0.25, -0.2) is 0 Å². The van der Waals surface area contributed by atoms with Crippen molar-refractivity contribution in [3.8, 4) is 22.7 Å². The molecule has 30 heavy (non-hydrogen) atoms. The number of non-ortho nitro benzene ring substituents is 1. The van der Waals surface area contributed by atoms with Crippen LogP contribution < -0.4 is 15.2 Å². The largest absolute Gasteiger partial charge is 0.497 e. The maximum absolute atomic E-state index is 13.2. The van der Waals surface area contributed by atoms with Crippen LogP contribution in [0.4, 0.5) is 11.4 Å². The molecular weight excluding hydrogens is 431 g/mol. The van der Waals surface area contributed by atoms with Crippen molar-refractivity contribution in [1.29, 1.82) is 0 Å². The first-order valence-corrected chi connectivity index (χ1v) is 9.66. The van der Waals surface area contributed by atoms with E-state index in [1.165, 1.54) is 0 Å². The number of benzene rings is 2. The van der Waals surface area contributed by atoms with Gasteiger partial charge in [0.25, 0.3) is 11.2 Å². The van der Waals surface area contributed by atoms with Gasteiger partial charge in [-0.05, 0) is 25.1 Å². The van der Waals surface area contributed by atoms with E-state index in [-0.39, 0.29) is 21.4 Å². The quantitative estimate of drug-likeness (QED) is 0.404. The molecule has 10 heteroatoms. The van der Waals surface area contributed by atoms with Gasteiger partial charge in [-0.2, -0.15) is 9.78 Å². The number of methoxy groups -OCH3 is 1. The van der Waals surface area contributed by atoms with Crippen molar-refractivity contribution in [2.45, 2.75) is 6.92 Å². The molecule has 0 radical (unpaired) electrons. The van der Waals surface area contributed by atoms with Gasteiger partial charge in [-0.15, -0.1) is 0 Å². The fraction of sp³-hybridized carbons (Fsp3) is 0.200. The van der Waals surface area contributed by atoms with Gasteiger partial charge in [0, 0.05) is 31.3 Å². The maximum Gasteiger partial charge on any atom is 0.295 e. The molecule has 0 N–H and O–H groups in total. The molecule has 0 amide bonds. The predicted molar refractivity (Wildman–Crippen MR) is 117 cm³/mol. The Labute approximate surface area is 182 Å². The van der Waals surface area contributed by atoms with Crippen molar-refractivity contribution in [3.63, 3.8) is 0 Å². The van der Waals surface area contributed by atoms with Gasteiger partial charge in [0.05, 0.1) is 27.8 Å². The molecule has 0 atom stereocenters. The van der Waals surface area contributed by atoms with E-state index in [0.717, 1.165) is 16.8 Å². The molecule has 0 aliphatic rings. The second-order valence-electron chi connectivity index (χ2n) is 6.39. The zero-order valence-electron chi connectivity index (χ0n) is 16.4. The highest BCUT2D eigenvalue weighted by molar-refractivity contribution is 6.38. The van der Waals surface area contributed by atoms with Crippen LogP contribution in [0.1, 0.15) is 6.92 Å². The van der Waals surface area contributed by atoms with Crippen LogP contribution in [0, 0.1) is 10.1 Å². The molecule has 0 spiro atoms. The van der Waals surface area contributed by atoms with Gasteiger partial charge < -0.3 is 9.64 Å². The Balaban J connectivity index is 2.32. The average Bonchev–Trinajstić information content (AvgIpc) is 2.73. The lowest BCUT2D eigenvalue weighted by Crippen LogP contribution is -2.30. The highest BCUT2D eigenvalue weighted by atomic mass is 35.5. The Morgan fingerprint density at radius 2 is 1.87 bits per heavy atom. The average molecular weight is 449 g/mol. The van der Waals surface area contributed by atoms with Crippen molar-refractivity contribution < 1.29 is 9.66 Å². The first-order valence-electron chi connectivity index (χ1n) is 8.90. The third kappa shape index (κ3) is 4.10. The molecular formula is C20H18Cl2N4O4. The Kier molecular flexibility index (Phi) is 6.28. The maximum atomic E-state index is 13.2. The normalized spacial score (nSPS) is 10.7. The van der Waals surface area contributed by atoms with Gasteiger partial charge in [-0.3, -0.25) is 14.9 Å². The molecule has 8 nitrogen and oxygen atoms in total. The van der Waals surface area contributed by atoms with Crippen molar-refractivity contribution >= 4 is 34.6 Å². The molecule has 1 aromatic heterocycles. The number of nitro groups is 1. The van der Waals surface area contributed by atoms with Gasteiger partial charge in [0.1, 0.15) is 17.1 Å². The fourth-order valence-electron chi connectivity index (χ4n) is 2.86. The van der Waals surface area contributed by atoms with Gasteiger partial charge in [0.2, 0.25) is 0 Å². The molecule has 0 bridgehead atoms. The van der Waals surface area contributed by atoms with Crippen LogP contribution in [0.2, 0.25) is 10.0 Å². The standard InChI is InChI=1S/C20H18Cl2N4O4/c1-4-24(2)18-11-17(12-6-5-7-14(8-12)30-3)23-25(20(18)27)19-15(21)9-13(26(28)29)10-16(19)22/h5-11H,4H2,1-3H3. The van der Waals surface area contributed by atoms with Crippen LogP contribution in [-0.4, -0.2) is 35.4 Å². The van der Waals surface area contributed by atoms with E-state index in [1.54, 1.807) is 43.3 Å². The van der Waals surface area contributed by atoms with Crippen LogP contribution in [0.15, 0.2) is 47.3 Å². The summed E-state index contributed by atoms with van der Waals surface area (Å²) in [5, 5.41) is 15.4. The van der Waals surface area contributed by atoms with Gasteiger partial charge in [-0.1, -0.05) is 35.3 Å². The molecule has 0 fully saturated rings. The first-order chi connectivity index (χ1) is 14.3. The number of ether oxygens (including phenoxy) is 1. The van der Waals surface area contributed by atoms with Crippen LogP contribution in [-0.2, 0) is 0 Å². The molecule has 0 aliphatic carbocycles. The van der Waals surface area contributed by atoms with E-state index >= 15 is 0 Å². The Morgan fingerprint density at radius 3 is 2.43 bits per heavy atom. The van der Waals surface area contributed by atoms with Crippen molar-refractivity contribution in [3.05, 3.63) is 73.0 Å². The number of aromatic nitrogens is 2. The first kappa shape index (κ1) is 21.6. The number of nitro benzene ring substituents is 1. The molecule has 0 saturated heterocycles. The van der Waals surface area contributed by atoms with E-state index in [2.05, 4.69) is 5.10 Å². The van der Waals surface area contributed by atoms with Gasteiger partial charge in [0.15, 0.2) is 0 Å². The van der Waals surface area contributed by atoms with Crippen LogP contribution in [0.5, 0.6) is 5.75 Å². The summed E-state index contributed by atoms with van der Waals surface area (Å²) in [5.41, 5.74) is 0.901. The topological polar surface area (TPSA) is 90.5 Å². The Hall–Kier alpha value is -3.10. The Bertz CT molecular complexity index is 1160. The minimum absolute atomic E-state index is 0.0586. The van der Waals surface area contributed by atoms with Crippen molar-refractivity contribution in [1.82, 2.24) is 9.78 Å². The third-order valence-corrected chi connectivity index (χ3v) is 5.14. The number of hydrogen-bond acceptors (Lipinski definition) is 6. The minimum atomic E-state index is -0.610. The van der Waals surface area contributed by atoms with E-state index < -0.39 is 10.5 Å². The van der Waals surface area contributed by atoms with Crippen molar-refractivity contribution in [2.75, 3.05) is 25.6 Å². The summed E-state index contributed by atoms with van der Waals surface area (Å²) in [4.78, 5) is 25.4. The van der Waals surface area contributed by atoms with E-state index in [0.29, 0.717) is 29.2 Å². The summed E-state index contributed by atoms with van der Waals surface area (Å²) in [5.74, 6) is 0.629. The smallest absolute Gasteiger partial charge is 0.295 e. The number of halogens is 2. The zero-order chi connectivity index (χ0) is 22.0. The minimum Gasteiger partial charge on any atom is -0.497 e. The second-order valence-corrected chi connectivity index (χ2v) is 7.21. The lowest BCUT2D eigenvalue weighted by atomic mass is 10.1. The molecule has 3 aromatic rings.